The number of anilines is 1. The number of amides is 2. The lowest BCUT2D eigenvalue weighted by Crippen LogP contribution is -3.00. The quantitative estimate of drug-likeness (QED) is 0.371. The Labute approximate surface area is 189 Å². The van der Waals surface area contributed by atoms with Gasteiger partial charge in [0.25, 0.3) is 5.91 Å². The maximum Gasteiger partial charge on any atom is 0.289 e. The number of rotatable bonds is 4. The molecule has 3 aliphatic rings. The van der Waals surface area contributed by atoms with Crippen LogP contribution in [0.3, 0.4) is 0 Å². The zero-order valence-electron chi connectivity index (χ0n) is 16.6. The summed E-state index contributed by atoms with van der Waals surface area (Å²) in [6.07, 6.45) is 3.30. The fourth-order valence-electron chi connectivity index (χ4n) is 3.81. The highest BCUT2D eigenvalue weighted by Gasteiger charge is 2.33. The highest BCUT2D eigenvalue weighted by Crippen LogP contribution is 2.27. The van der Waals surface area contributed by atoms with Gasteiger partial charge in [0, 0.05) is 50.9 Å². The van der Waals surface area contributed by atoms with Gasteiger partial charge in [0.2, 0.25) is 5.91 Å². The largest absolute Gasteiger partial charge is 1.00 e. The molecule has 3 saturated heterocycles. The van der Waals surface area contributed by atoms with Crippen LogP contribution in [-0.2, 0) is 4.79 Å². The molecule has 0 saturated carbocycles. The molecule has 6 nitrogen and oxygen atoms in total. The first-order valence-electron chi connectivity index (χ1n) is 9.31. The molecule has 2 bridgehead atoms. The number of fused-ring (bicyclic) bond motifs is 4. The van der Waals surface area contributed by atoms with Crippen LogP contribution < -0.4 is 29.3 Å². The van der Waals surface area contributed by atoms with Crippen LogP contribution in [-0.4, -0.2) is 53.8 Å². The standard InChI is InChI=1S/C21H23N3O3.CH3.HI/c1-2-20(25)22-16-5-3-15(4-6-16)18-7-8-19(27-18)21(26)24-14-13-23-11-9-17(24)10-12-23;;/h2-8,17H,1,9-14H2,(H,22,25);1H3;1H/q;+1;/p-1. The second-order valence-electron chi connectivity index (χ2n) is 7.01. The number of furan rings is 1. The molecule has 3 fully saturated rings. The summed E-state index contributed by atoms with van der Waals surface area (Å²) in [6, 6.07) is 11.2. The Balaban J connectivity index is 0.00000150. The van der Waals surface area contributed by atoms with E-state index < -0.39 is 0 Å². The van der Waals surface area contributed by atoms with E-state index in [-0.39, 0.29) is 43.2 Å². The van der Waals surface area contributed by atoms with Crippen molar-refractivity contribution < 1.29 is 38.0 Å². The Hall–Kier alpha value is -2.26. The zero-order valence-corrected chi connectivity index (χ0v) is 18.7. The third-order valence-corrected chi connectivity index (χ3v) is 5.35. The highest BCUT2D eigenvalue weighted by atomic mass is 127. The van der Waals surface area contributed by atoms with Crippen molar-refractivity contribution in [2.75, 3.05) is 31.5 Å². The minimum atomic E-state index is -0.253. The van der Waals surface area contributed by atoms with Gasteiger partial charge in [-0.2, -0.15) is 0 Å². The molecule has 1 N–H and O–H groups in total. The van der Waals surface area contributed by atoms with E-state index in [1.807, 2.05) is 23.1 Å². The van der Waals surface area contributed by atoms with Crippen molar-refractivity contribution in [3.8, 4) is 11.3 Å². The zero-order chi connectivity index (χ0) is 18.8. The van der Waals surface area contributed by atoms with E-state index in [2.05, 4.69) is 16.8 Å². The predicted octanol–water partition coefficient (Wildman–Crippen LogP) is 0.446. The Bertz CT molecular complexity index is 854. The van der Waals surface area contributed by atoms with Gasteiger partial charge < -0.3 is 43.5 Å². The van der Waals surface area contributed by atoms with Gasteiger partial charge in [-0.05, 0) is 55.3 Å². The van der Waals surface area contributed by atoms with Crippen LogP contribution in [0.25, 0.3) is 11.3 Å². The van der Waals surface area contributed by atoms with E-state index in [0.717, 1.165) is 44.6 Å². The smallest absolute Gasteiger partial charge is 0.289 e. The van der Waals surface area contributed by atoms with Crippen molar-refractivity contribution in [2.45, 2.75) is 18.9 Å². The van der Waals surface area contributed by atoms with Gasteiger partial charge in [0.1, 0.15) is 5.76 Å². The van der Waals surface area contributed by atoms with Crippen molar-refractivity contribution in [2.24, 2.45) is 0 Å². The number of nitrogens with one attached hydrogen (secondary N) is 1. The first-order valence-corrected chi connectivity index (χ1v) is 9.31. The van der Waals surface area contributed by atoms with Crippen LogP contribution in [0.2, 0.25) is 0 Å². The maximum absolute atomic E-state index is 13.0. The van der Waals surface area contributed by atoms with E-state index in [4.69, 9.17) is 4.42 Å². The first kappa shape index (κ1) is 23.0. The SMILES string of the molecule is C=CC(=O)Nc1ccc(-c2ccc(C(=O)N3CCN4CCC3CC4)o2)cc1.[CH3+].[I-]. The molecule has 29 heavy (non-hydrogen) atoms. The van der Waals surface area contributed by atoms with Crippen LogP contribution in [0, 0.1) is 7.43 Å². The number of carbonyl (C=O) groups is 2. The molecule has 2 aromatic rings. The highest BCUT2D eigenvalue weighted by molar-refractivity contribution is 5.99. The first-order chi connectivity index (χ1) is 13.1. The Morgan fingerprint density at radius 3 is 2.38 bits per heavy atom. The number of benzene rings is 1. The molecule has 0 spiro atoms. The summed E-state index contributed by atoms with van der Waals surface area (Å²) in [6.45, 7) is 7.29. The number of carbonyl (C=O) groups excluding carboxylic acids is 2. The summed E-state index contributed by atoms with van der Waals surface area (Å²) in [5.74, 6) is 0.749. The minimum absolute atomic E-state index is 0. The predicted molar refractivity (Wildman–Crippen MR) is 110 cm³/mol. The second-order valence-corrected chi connectivity index (χ2v) is 7.01. The fourth-order valence-corrected chi connectivity index (χ4v) is 3.81. The van der Waals surface area contributed by atoms with Crippen LogP contribution in [0.15, 0.2) is 53.5 Å². The summed E-state index contributed by atoms with van der Waals surface area (Å²) < 4.78 is 5.87. The molecule has 0 aliphatic carbocycles. The van der Waals surface area contributed by atoms with Crippen molar-refractivity contribution >= 4 is 17.5 Å². The molecule has 1 aromatic carbocycles. The van der Waals surface area contributed by atoms with Crippen molar-refractivity contribution in [1.29, 1.82) is 0 Å². The Morgan fingerprint density at radius 2 is 1.72 bits per heavy atom. The minimum Gasteiger partial charge on any atom is -1.00 e. The van der Waals surface area contributed by atoms with Crippen LogP contribution >= 0.6 is 0 Å². The molecule has 1 aromatic heterocycles. The summed E-state index contributed by atoms with van der Waals surface area (Å²) in [7, 11) is 0. The van der Waals surface area contributed by atoms with Gasteiger partial charge >= 0.3 is 0 Å². The topological polar surface area (TPSA) is 65.8 Å². The third kappa shape index (κ3) is 5.02. The van der Waals surface area contributed by atoms with Crippen molar-refractivity contribution in [1.82, 2.24) is 9.80 Å². The third-order valence-electron chi connectivity index (χ3n) is 5.35. The average Bonchev–Trinajstić information content (AvgIpc) is 3.01. The van der Waals surface area contributed by atoms with Crippen LogP contribution in [0.5, 0.6) is 0 Å². The normalized spacial score (nSPS) is 20.1. The lowest BCUT2D eigenvalue weighted by atomic mass is 10.1. The molecular weight excluding hydrogens is 481 g/mol. The number of halogens is 1. The summed E-state index contributed by atoms with van der Waals surface area (Å²) in [5.41, 5.74) is 1.54. The van der Waals surface area contributed by atoms with Crippen LogP contribution in [0.1, 0.15) is 23.4 Å². The molecule has 4 heterocycles. The van der Waals surface area contributed by atoms with E-state index in [1.165, 1.54) is 6.08 Å². The number of piperidine rings is 1. The molecule has 3 aliphatic heterocycles. The molecule has 154 valence electrons. The lowest BCUT2D eigenvalue weighted by Gasteiger charge is -2.30. The van der Waals surface area contributed by atoms with E-state index in [0.29, 0.717) is 23.2 Å². The average molecular weight is 507 g/mol. The van der Waals surface area contributed by atoms with Crippen molar-refractivity contribution in [3.63, 3.8) is 0 Å². The van der Waals surface area contributed by atoms with E-state index in [1.54, 1.807) is 18.2 Å². The lowest BCUT2D eigenvalue weighted by molar-refractivity contribution is -0.111. The Morgan fingerprint density at radius 1 is 1.03 bits per heavy atom. The van der Waals surface area contributed by atoms with Gasteiger partial charge in [0.15, 0.2) is 5.76 Å². The van der Waals surface area contributed by atoms with Gasteiger partial charge in [0.05, 0.1) is 0 Å². The molecule has 0 atom stereocenters. The molecule has 7 heteroatoms. The monoisotopic (exact) mass is 507 g/mol. The molecule has 2 amide bonds. The van der Waals surface area contributed by atoms with Crippen LogP contribution in [0.4, 0.5) is 5.69 Å². The molecule has 5 rings (SSSR count). The summed E-state index contributed by atoms with van der Waals surface area (Å²) in [5, 5.41) is 2.71. The maximum atomic E-state index is 13.0. The number of hydrogen-bond acceptors (Lipinski definition) is 4. The van der Waals surface area contributed by atoms with Crippen molar-refractivity contribution in [3.05, 3.63) is 62.2 Å². The summed E-state index contributed by atoms with van der Waals surface area (Å²) in [4.78, 5) is 28.7. The fraction of sp³-hybridized carbons (Fsp3) is 0.318. The number of hydrogen-bond donors (Lipinski definition) is 1. The van der Waals surface area contributed by atoms with E-state index in [9.17, 15) is 9.59 Å². The summed E-state index contributed by atoms with van der Waals surface area (Å²) >= 11 is 0. The molecular formula is C22H26IN3O3. The number of nitrogens with zero attached hydrogens (tertiary/aromatic N) is 2. The second kappa shape index (κ2) is 9.98. The Kier molecular flexibility index (Phi) is 7.92. The van der Waals surface area contributed by atoms with Gasteiger partial charge in [-0.25, -0.2) is 0 Å². The van der Waals surface area contributed by atoms with Gasteiger partial charge in [-0.15, -0.1) is 0 Å². The van der Waals surface area contributed by atoms with Gasteiger partial charge in [-0.3, -0.25) is 9.59 Å². The molecule has 0 radical (unpaired) electrons. The van der Waals surface area contributed by atoms with Gasteiger partial charge in [-0.1, -0.05) is 6.58 Å². The molecule has 0 unspecified atom stereocenters. The van der Waals surface area contributed by atoms with E-state index >= 15 is 0 Å².